The molecular weight excluding hydrogens is 166 g/mol. The second kappa shape index (κ2) is 4.52. The van der Waals surface area contributed by atoms with Gasteiger partial charge in [0.25, 0.3) is 0 Å². The molecule has 0 bridgehead atoms. The van der Waals surface area contributed by atoms with Gasteiger partial charge in [-0.2, -0.15) is 11.8 Å². The van der Waals surface area contributed by atoms with Crippen molar-refractivity contribution < 1.29 is 0 Å². The second-order valence-electron chi connectivity index (χ2n) is 4.44. The van der Waals surface area contributed by atoms with Crippen LogP contribution in [0.3, 0.4) is 0 Å². The van der Waals surface area contributed by atoms with Gasteiger partial charge in [0.15, 0.2) is 0 Å². The van der Waals surface area contributed by atoms with Crippen LogP contribution in [-0.2, 0) is 0 Å². The summed E-state index contributed by atoms with van der Waals surface area (Å²) in [7, 11) is 0. The van der Waals surface area contributed by atoms with Crippen LogP contribution in [0.4, 0.5) is 0 Å². The monoisotopic (exact) mass is 187 g/mol. The Hall–Kier alpha value is 0.310. The molecule has 0 spiro atoms. The van der Waals surface area contributed by atoms with Gasteiger partial charge in [-0.15, -0.1) is 0 Å². The van der Waals surface area contributed by atoms with Gasteiger partial charge in [0, 0.05) is 0 Å². The first-order valence-corrected chi connectivity index (χ1v) is 6.26. The fourth-order valence-corrected chi connectivity index (χ4v) is 1.98. The molecule has 12 heavy (non-hydrogen) atoms. The van der Waals surface area contributed by atoms with Gasteiger partial charge in [0.1, 0.15) is 0 Å². The van der Waals surface area contributed by atoms with E-state index >= 15 is 0 Å². The molecule has 1 rings (SSSR count). The number of nitrogens with one attached hydrogen (secondary N) is 1. The molecule has 1 fully saturated rings. The van der Waals surface area contributed by atoms with Gasteiger partial charge in [-0.05, 0) is 49.3 Å². The van der Waals surface area contributed by atoms with Crippen molar-refractivity contribution in [2.75, 3.05) is 25.1 Å². The normalized spacial score (nSPS) is 25.8. The first kappa shape index (κ1) is 10.4. The van der Waals surface area contributed by atoms with Crippen LogP contribution >= 0.6 is 11.8 Å². The number of thioether (sulfide) groups is 1. The van der Waals surface area contributed by atoms with Crippen LogP contribution in [0.5, 0.6) is 0 Å². The first-order valence-electron chi connectivity index (χ1n) is 4.86. The molecule has 1 nitrogen and oxygen atoms in total. The summed E-state index contributed by atoms with van der Waals surface area (Å²) in [6, 6.07) is 0. The van der Waals surface area contributed by atoms with Gasteiger partial charge in [0.2, 0.25) is 0 Å². The molecule has 0 aromatic rings. The standard InChI is InChI=1S/C10H21NS/c1-10(2)7-9(10)8-11-5-4-6-12-3/h9,11H,4-8H2,1-3H3. The van der Waals surface area contributed by atoms with Crippen molar-refractivity contribution in [3.8, 4) is 0 Å². The van der Waals surface area contributed by atoms with E-state index in [1.54, 1.807) is 0 Å². The maximum Gasteiger partial charge on any atom is -0.00152 e. The zero-order chi connectivity index (χ0) is 9.03. The van der Waals surface area contributed by atoms with Crippen LogP contribution in [-0.4, -0.2) is 25.1 Å². The van der Waals surface area contributed by atoms with E-state index in [0.717, 1.165) is 5.92 Å². The summed E-state index contributed by atoms with van der Waals surface area (Å²) in [6.45, 7) is 7.16. The topological polar surface area (TPSA) is 12.0 Å². The van der Waals surface area contributed by atoms with Crippen molar-refractivity contribution in [2.45, 2.75) is 26.7 Å². The third-order valence-corrected chi connectivity index (χ3v) is 3.51. The molecular formula is C10H21NS. The highest BCUT2D eigenvalue weighted by Crippen LogP contribution is 2.50. The van der Waals surface area contributed by atoms with Crippen molar-refractivity contribution in [3.05, 3.63) is 0 Å². The third kappa shape index (κ3) is 3.36. The predicted octanol–water partition coefficient (Wildman–Crippen LogP) is 2.38. The molecule has 72 valence electrons. The van der Waals surface area contributed by atoms with E-state index < -0.39 is 0 Å². The number of rotatable bonds is 6. The lowest BCUT2D eigenvalue weighted by Gasteiger charge is -2.05. The molecule has 0 aliphatic heterocycles. The molecule has 0 aromatic carbocycles. The van der Waals surface area contributed by atoms with Crippen LogP contribution in [0.25, 0.3) is 0 Å². The molecule has 1 N–H and O–H groups in total. The molecule has 2 heteroatoms. The lowest BCUT2D eigenvalue weighted by Crippen LogP contribution is -2.20. The van der Waals surface area contributed by atoms with Crippen LogP contribution in [0, 0.1) is 11.3 Å². The quantitative estimate of drug-likeness (QED) is 0.641. The molecule has 0 saturated heterocycles. The second-order valence-corrected chi connectivity index (χ2v) is 5.43. The fraction of sp³-hybridized carbons (Fsp3) is 1.00. The summed E-state index contributed by atoms with van der Waals surface area (Å²) in [5.41, 5.74) is 0.645. The van der Waals surface area contributed by atoms with E-state index in [2.05, 4.69) is 25.4 Å². The van der Waals surface area contributed by atoms with Crippen LogP contribution < -0.4 is 5.32 Å². The Labute approximate surface area is 80.7 Å². The number of hydrogen-bond donors (Lipinski definition) is 1. The molecule has 1 unspecified atom stereocenters. The van der Waals surface area contributed by atoms with Crippen molar-refractivity contribution in [2.24, 2.45) is 11.3 Å². The fourth-order valence-electron chi connectivity index (χ4n) is 1.54. The molecule has 0 amide bonds. The zero-order valence-electron chi connectivity index (χ0n) is 8.52. The summed E-state index contributed by atoms with van der Waals surface area (Å²) in [5.74, 6) is 2.24. The Kier molecular flexibility index (Phi) is 3.91. The van der Waals surface area contributed by atoms with Crippen molar-refractivity contribution in [1.29, 1.82) is 0 Å². The van der Waals surface area contributed by atoms with Crippen LogP contribution in [0.1, 0.15) is 26.7 Å². The van der Waals surface area contributed by atoms with Gasteiger partial charge < -0.3 is 5.32 Å². The van der Waals surface area contributed by atoms with E-state index in [9.17, 15) is 0 Å². The van der Waals surface area contributed by atoms with E-state index in [4.69, 9.17) is 0 Å². The van der Waals surface area contributed by atoms with E-state index in [0.29, 0.717) is 5.41 Å². The highest BCUT2D eigenvalue weighted by molar-refractivity contribution is 7.98. The smallest absolute Gasteiger partial charge is 0.00152 e. The molecule has 0 heterocycles. The summed E-state index contributed by atoms with van der Waals surface area (Å²) in [5, 5.41) is 3.52. The molecule has 0 aromatic heterocycles. The van der Waals surface area contributed by atoms with E-state index in [-0.39, 0.29) is 0 Å². The summed E-state index contributed by atoms with van der Waals surface area (Å²) < 4.78 is 0. The lowest BCUT2D eigenvalue weighted by atomic mass is 10.1. The largest absolute Gasteiger partial charge is 0.316 e. The maximum atomic E-state index is 3.52. The molecule has 1 aliphatic carbocycles. The third-order valence-electron chi connectivity index (χ3n) is 2.81. The number of hydrogen-bond acceptors (Lipinski definition) is 2. The minimum atomic E-state index is 0.645. The Morgan fingerprint density at radius 3 is 2.67 bits per heavy atom. The molecule has 1 atom stereocenters. The minimum Gasteiger partial charge on any atom is -0.316 e. The average Bonchev–Trinajstić information content (AvgIpc) is 2.59. The van der Waals surface area contributed by atoms with Crippen molar-refractivity contribution in [1.82, 2.24) is 5.32 Å². The maximum absolute atomic E-state index is 3.52. The predicted molar refractivity (Wildman–Crippen MR) is 57.8 cm³/mol. The van der Waals surface area contributed by atoms with Crippen LogP contribution in [0.15, 0.2) is 0 Å². The molecule has 1 aliphatic rings. The summed E-state index contributed by atoms with van der Waals surface area (Å²) in [4.78, 5) is 0. The van der Waals surface area contributed by atoms with Gasteiger partial charge >= 0.3 is 0 Å². The lowest BCUT2D eigenvalue weighted by molar-refractivity contribution is 0.520. The minimum absolute atomic E-state index is 0.645. The molecule has 0 radical (unpaired) electrons. The average molecular weight is 187 g/mol. The first-order chi connectivity index (χ1) is 5.67. The van der Waals surface area contributed by atoms with Crippen LogP contribution in [0.2, 0.25) is 0 Å². The Morgan fingerprint density at radius 2 is 2.17 bits per heavy atom. The Bertz CT molecular complexity index is 134. The van der Waals surface area contributed by atoms with E-state index in [1.807, 2.05) is 11.8 Å². The highest BCUT2D eigenvalue weighted by Gasteiger charge is 2.44. The summed E-state index contributed by atoms with van der Waals surface area (Å²) >= 11 is 1.94. The molecule has 1 saturated carbocycles. The zero-order valence-corrected chi connectivity index (χ0v) is 9.34. The van der Waals surface area contributed by atoms with Crippen molar-refractivity contribution in [3.63, 3.8) is 0 Å². The Balaban J connectivity index is 1.85. The van der Waals surface area contributed by atoms with Gasteiger partial charge in [-0.3, -0.25) is 0 Å². The van der Waals surface area contributed by atoms with Gasteiger partial charge in [-0.1, -0.05) is 13.8 Å². The Morgan fingerprint density at radius 1 is 1.50 bits per heavy atom. The van der Waals surface area contributed by atoms with Gasteiger partial charge in [0.05, 0.1) is 0 Å². The van der Waals surface area contributed by atoms with E-state index in [1.165, 1.54) is 31.7 Å². The van der Waals surface area contributed by atoms with Gasteiger partial charge in [-0.25, -0.2) is 0 Å². The highest BCUT2D eigenvalue weighted by atomic mass is 32.2. The SMILES string of the molecule is CSCCCNCC1CC1(C)C. The van der Waals surface area contributed by atoms with Crippen molar-refractivity contribution >= 4 is 11.8 Å². The summed E-state index contributed by atoms with van der Waals surface area (Å²) in [6.07, 6.45) is 4.90.